The van der Waals surface area contributed by atoms with E-state index in [1.165, 1.54) is 0 Å². The van der Waals surface area contributed by atoms with Gasteiger partial charge in [-0.05, 0) is 31.0 Å². The summed E-state index contributed by atoms with van der Waals surface area (Å²) in [6.45, 7) is 2.94. The minimum atomic E-state index is -0.543. The number of aryl methyl sites for hydroxylation is 1. The lowest BCUT2D eigenvalue weighted by atomic mass is 9.76. The van der Waals surface area contributed by atoms with Crippen LogP contribution in [0.15, 0.2) is 48.7 Å². The number of aromatic nitrogens is 1. The second-order valence-electron chi connectivity index (χ2n) is 7.23. The van der Waals surface area contributed by atoms with E-state index >= 15 is 0 Å². The number of pyridine rings is 1. The lowest BCUT2D eigenvalue weighted by Crippen LogP contribution is -2.67. The van der Waals surface area contributed by atoms with Gasteiger partial charge in [0.05, 0.1) is 11.1 Å². The molecule has 0 radical (unpaired) electrons. The number of nitrogens with zero attached hydrogens (tertiary/aromatic N) is 3. The summed E-state index contributed by atoms with van der Waals surface area (Å²) in [7, 11) is 1.84. The number of amides is 2. The Labute approximate surface area is 158 Å². The molecule has 4 rings (SSSR count). The molecule has 2 aromatic rings. The fourth-order valence-electron chi connectivity index (χ4n) is 4.19. The van der Waals surface area contributed by atoms with Crippen LogP contribution in [0.1, 0.15) is 28.0 Å². The van der Waals surface area contributed by atoms with Crippen LogP contribution in [0, 0.1) is 6.92 Å². The summed E-state index contributed by atoms with van der Waals surface area (Å²) in [5.74, 6) is -0.0788. The molecule has 2 aliphatic rings. The molecule has 6 heteroatoms. The van der Waals surface area contributed by atoms with E-state index < -0.39 is 5.54 Å². The lowest BCUT2D eigenvalue weighted by Gasteiger charge is -2.54. The van der Waals surface area contributed by atoms with E-state index in [1.54, 1.807) is 12.3 Å². The Bertz CT molecular complexity index is 853. The SMILES string of the molecule is Cc1ccc(C(=O)N2CC[C@]3(c4ccccc4)[C@@H](C2)OCC(=O)N3C)cn1. The van der Waals surface area contributed by atoms with Crippen molar-refractivity contribution < 1.29 is 14.3 Å². The number of carbonyl (C=O) groups excluding carboxylic acids is 2. The molecule has 0 aliphatic carbocycles. The van der Waals surface area contributed by atoms with Crippen LogP contribution in [-0.2, 0) is 15.1 Å². The van der Waals surface area contributed by atoms with Crippen molar-refractivity contribution in [2.45, 2.75) is 25.0 Å². The van der Waals surface area contributed by atoms with Gasteiger partial charge in [0.25, 0.3) is 5.91 Å². The van der Waals surface area contributed by atoms with Gasteiger partial charge in [0.1, 0.15) is 12.7 Å². The average Bonchev–Trinajstić information content (AvgIpc) is 2.71. The van der Waals surface area contributed by atoms with Crippen molar-refractivity contribution in [3.05, 3.63) is 65.5 Å². The number of carbonyl (C=O) groups is 2. The Morgan fingerprint density at radius 1 is 1.22 bits per heavy atom. The van der Waals surface area contributed by atoms with Crippen LogP contribution in [0.25, 0.3) is 0 Å². The second kappa shape index (κ2) is 6.78. The predicted octanol–water partition coefficient (Wildman–Crippen LogP) is 1.99. The Morgan fingerprint density at radius 2 is 2.00 bits per heavy atom. The van der Waals surface area contributed by atoms with Gasteiger partial charge in [0, 0.05) is 32.0 Å². The smallest absolute Gasteiger partial charge is 0.255 e. The third-order valence-electron chi connectivity index (χ3n) is 5.78. The van der Waals surface area contributed by atoms with Gasteiger partial charge in [-0.3, -0.25) is 14.6 Å². The average molecular weight is 365 g/mol. The summed E-state index contributed by atoms with van der Waals surface area (Å²) < 4.78 is 5.96. The zero-order valence-corrected chi connectivity index (χ0v) is 15.6. The van der Waals surface area contributed by atoms with E-state index in [9.17, 15) is 9.59 Å². The molecule has 2 amide bonds. The zero-order valence-electron chi connectivity index (χ0n) is 15.6. The molecule has 27 heavy (non-hydrogen) atoms. The first-order chi connectivity index (χ1) is 13.0. The molecule has 0 bridgehead atoms. The highest BCUT2D eigenvalue weighted by Gasteiger charge is 2.53. The highest BCUT2D eigenvalue weighted by Crippen LogP contribution is 2.42. The summed E-state index contributed by atoms with van der Waals surface area (Å²) in [6, 6.07) is 13.6. The maximum absolute atomic E-state index is 12.9. The number of hydrogen-bond acceptors (Lipinski definition) is 4. The number of benzene rings is 1. The molecule has 140 valence electrons. The van der Waals surface area contributed by atoms with Crippen molar-refractivity contribution >= 4 is 11.8 Å². The Kier molecular flexibility index (Phi) is 4.44. The van der Waals surface area contributed by atoms with E-state index in [2.05, 4.69) is 4.98 Å². The van der Waals surface area contributed by atoms with Crippen molar-refractivity contribution in [2.75, 3.05) is 26.7 Å². The van der Waals surface area contributed by atoms with Crippen molar-refractivity contribution in [3.8, 4) is 0 Å². The Balaban J connectivity index is 1.64. The lowest BCUT2D eigenvalue weighted by molar-refractivity contribution is -0.180. The van der Waals surface area contributed by atoms with Crippen LogP contribution in [0.4, 0.5) is 0 Å². The number of ether oxygens (including phenoxy) is 1. The Hall–Kier alpha value is -2.73. The fraction of sp³-hybridized carbons (Fsp3) is 0.381. The summed E-state index contributed by atoms with van der Waals surface area (Å²) in [5, 5.41) is 0. The van der Waals surface area contributed by atoms with Crippen LogP contribution >= 0.6 is 0 Å². The van der Waals surface area contributed by atoms with Crippen molar-refractivity contribution in [3.63, 3.8) is 0 Å². The van der Waals surface area contributed by atoms with Crippen LogP contribution in [0.3, 0.4) is 0 Å². The molecule has 2 atom stereocenters. The quantitative estimate of drug-likeness (QED) is 0.817. The van der Waals surface area contributed by atoms with E-state index in [0.717, 1.165) is 11.3 Å². The number of rotatable bonds is 2. The minimum absolute atomic E-state index is 0.0300. The molecular weight excluding hydrogens is 342 g/mol. The van der Waals surface area contributed by atoms with E-state index in [-0.39, 0.29) is 24.5 Å². The molecule has 1 aromatic carbocycles. The molecule has 2 aliphatic heterocycles. The first-order valence-corrected chi connectivity index (χ1v) is 9.18. The van der Waals surface area contributed by atoms with Gasteiger partial charge in [-0.15, -0.1) is 0 Å². The summed E-state index contributed by atoms with van der Waals surface area (Å²) in [5.41, 5.74) is 1.96. The molecule has 2 fully saturated rings. The van der Waals surface area contributed by atoms with Gasteiger partial charge in [-0.1, -0.05) is 30.3 Å². The van der Waals surface area contributed by atoms with Crippen LogP contribution < -0.4 is 0 Å². The summed E-state index contributed by atoms with van der Waals surface area (Å²) >= 11 is 0. The van der Waals surface area contributed by atoms with Crippen molar-refractivity contribution in [1.82, 2.24) is 14.8 Å². The van der Waals surface area contributed by atoms with Crippen LogP contribution in [-0.4, -0.2) is 59.4 Å². The minimum Gasteiger partial charge on any atom is -0.364 e. The predicted molar refractivity (Wildman–Crippen MR) is 100 cm³/mol. The molecule has 2 saturated heterocycles. The number of likely N-dealkylation sites (N-methyl/N-ethyl adjacent to an activating group) is 1. The highest BCUT2D eigenvalue weighted by molar-refractivity contribution is 5.94. The summed E-state index contributed by atoms with van der Waals surface area (Å²) in [6.07, 6.45) is 1.99. The highest BCUT2D eigenvalue weighted by atomic mass is 16.5. The monoisotopic (exact) mass is 365 g/mol. The van der Waals surface area contributed by atoms with Crippen molar-refractivity contribution in [1.29, 1.82) is 0 Å². The maximum Gasteiger partial charge on any atom is 0.255 e. The number of likely N-dealkylation sites (tertiary alicyclic amines) is 1. The molecule has 1 aromatic heterocycles. The molecule has 3 heterocycles. The molecular formula is C21H23N3O3. The summed E-state index contributed by atoms with van der Waals surface area (Å²) in [4.78, 5) is 33.2. The molecule has 0 saturated carbocycles. The number of fused-ring (bicyclic) bond motifs is 1. The van der Waals surface area contributed by atoms with Gasteiger partial charge in [-0.25, -0.2) is 0 Å². The van der Waals surface area contributed by atoms with Gasteiger partial charge >= 0.3 is 0 Å². The third kappa shape index (κ3) is 2.90. The van der Waals surface area contributed by atoms with Crippen molar-refractivity contribution in [2.24, 2.45) is 0 Å². The maximum atomic E-state index is 12.9. The normalized spacial score (nSPS) is 25.3. The molecule has 0 N–H and O–H groups in total. The standard InChI is InChI=1S/C21H23N3O3/c1-15-8-9-16(12-22-15)20(26)24-11-10-21(17-6-4-3-5-7-17)18(13-24)27-14-19(25)23(21)2/h3-9,12,18H,10-11,13-14H2,1-2H3/t18-,21+/m1/s1. The van der Waals surface area contributed by atoms with Crippen LogP contribution in [0.5, 0.6) is 0 Å². The Morgan fingerprint density at radius 3 is 2.70 bits per heavy atom. The molecule has 6 nitrogen and oxygen atoms in total. The van der Waals surface area contributed by atoms with Gasteiger partial charge in [0.15, 0.2) is 0 Å². The second-order valence-corrected chi connectivity index (χ2v) is 7.23. The molecule has 0 spiro atoms. The van der Waals surface area contributed by atoms with Gasteiger partial charge in [-0.2, -0.15) is 0 Å². The van der Waals surface area contributed by atoms with Gasteiger partial charge < -0.3 is 14.5 Å². The zero-order chi connectivity index (χ0) is 19.0. The fourth-order valence-corrected chi connectivity index (χ4v) is 4.19. The number of piperidine rings is 1. The van der Waals surface area contributed by atoms with E-state index in [4.69, 9.17) is 4.74 Å². The molecule has 0 unspecified atom stereocenters. The number of morpholine rings is 1. The first kappa shape index (κ1) is 17.7. The third-order valence-corrected chi connectivity index (χ3v) is 5.78. The van der Waals surface area contributed by atoms with E-state index in [0.29, 0.717) is 25.1 Å². The largest absolute Gasteiger partial charge is 0.364 e. The van der Waals surface area contributed by atoms with Crippen LogP contribution in [0.2, 0.25) is 0 Å². The first-order valence-electron chi connectivity index (χ1n) is 9.18. The van der Waals surface area contributed by atoms with Gasteiger partial charge in [0.2, 0.25) is 5.91 Å². The topological polar surface area (TPSA) is 62.7 Å². The number of hydrogen-bond donors (Lipinski definition) is 0. The van der Waals surface area contributed by atoms with E-state index in [1.807, 2.05) is 60.2 Å².